The van der Waals surface area contributed by atoms with Gasteiger partial charge >= 0.3 is 6.03 Å². The lowest BCUT2D eigenvalue weighted by atomic mass is 10.00. The van der Waals surface area contributed by atoms with Crippen molar-refractivity contribution < 1.29 is 9.59 Å². The first-order chi connectivity index (χ1) is 16.1. The molecule has 0 unspecified atom stereocenters. The number of nitrogens with zero attached hydrogens (tertiary/aromatic N) is 3. The van der Waals surface area contributed by atoms with Crippen LogP contribution in [-0.4, -0.2) is 33.2 Å². The van der Waals surface area contributed by atoms with Gasteiger partial charge in [-0.25, -0.2) is 14.5 Å². The summed E-state index contributed by atoms with van der Waals surface area (Å²) < 4.78 is 2.70. The second kappa shape index (κ2) is 9.03. The van der Waals surface area contributed by atoms with Gasteiger partial charge in [0.15, 0.2) is 0 Å². The molecular weight excluding hydrogens is 436 g/mol. The van der Waals surface area contributed by atoms with E-state index in [1.165, 1.54) is 11.3 Å². The number of carbonyl (C=O) groups is 2. The lowest BCUT2D eigenvalue weighted by Gasteiger charge is -2.18. The number of fused-ring (bicyclic) bond motifs is 2. The van der Waals surface area contributed by atoms with Crippen LogP contribution in [0.25, 0.3) is 15.9 Å². The van der Waals surface area contributed by atoms with E-state index in [1.807, 2.05) is 42.5 Å². The third-order valence-corrected chi connectivity index (χ3v) is 6.43. The number of aromatic nitrogens is 3. The monoisotopic (exact) mass is 460 g/mol. The molecule has 2 aromatic heterocycles. The zero-order valence-electron chi connectivity index (χ0n) is 18.2. The van der Waals surface area contributed by atoms with Crippen molar-refractivity contribution in [1.82, 2.24) is 20.1 Å². The average molecular weight is 461 g/mol. The highest BCUT2D eigenvalue weighted by Gasteiger charge is 2.19. The van der Waals surface area contributed by atoms with E-state index in [0.29, 0.717) is 23.6 Å². The quantitative estimate of drug-likeness (QED) is 0.386. The van der Waals surface area contributed by atoms with Gasteiger partial charge < -0.3 is 10.6 Å². The van der Waals surface area contributed by atoms with Gasteiger partial charge in [-0.2, -0.15) is 5.10 Å². The van der Waals surface area contributed by atoms with Crippen LogP contribution in [0.15, 0.2) is 48.0 Å². The van der Waals surface area contributed by atoms with Gasteiger partial charge in [0.25, 0.3) is 5.91 Å². The second-order valence-electron chi connectivity index (χ2n) is 8.00. The molecule has 1 aliphatic heterocycles. The van der Waals surface area contributed by atoms with Crippen LogP contribution in [0.5, 0.6) is 0 Å². The minimum absolute atomic E-state index is 0.0813. The summed E-state index contributed by atoms with van der Waals surface area (Å²) in [6, 6.07) is 12.9. The van der Waals surface area contributed by atoms with Gasteiger partial charge in [-0.15, -0.1) is 11.3 Å². The van der Waals surface area contributed by atoms with E-state index in [-0.39, 0.29) is 11.9 Å². The molecule has 1 aliphatic rings. The number of nitrogens with one attached hydrogen (secondary N) is 3. The molecule has 2 aromatic carbocycles. The number of hydrogen-bond acceptors (Lipinski definition) is 5. The molecule has 4 aromatic rings. The van der Waals surface area contributed by atoms with Crippen LogP contribution in [0.1, 0.15) is 41.4 Å². The highest BCUT2D eigenvalue weighted by molar-refractivity contribution is 7.16. The zero-order valence-corrected chi connectivity index (χ0v) is 19.0. The van der Waals surface area contributed by atoms with Crippen molar-refractivity contribution in [2.45, 2.75) is 32.6 Å². The summed E-state index contributed by atoms with van der Waals surface area (Å²) in [6.45, 7) is 2.78. The Morgan fingerprint density at radius 1 is 1.18 bits per heavy atom. The van der Waals surface area contributed by atoms with Crippen LogP contribution in [0.2, 0.25) is 0 Å². The number of amides is 3. The van der Waals surface area contributed by atoms with E-state index in [4.69, 9.17) is 5.10 Å². The van der Waals surface area contributed by atoms with Crippen molar-refractivity contribution >= 4 is 45.0 Å². The SMILES string of the molecule is CCCCc1cc(NC(=O)Nc2ccc3ncsc3c2)n(-c2ccc3c(c2)C(=O)NCC3)n1. The Bertz CT molecular complexity index is 1340. The van der Waals surface area contributed by atoms with E-state index in [2.05, 4.69) is 27.9 Å². The topological polar surface area (TPSA) is 101 Å². The largest absolute Gasteiger partial charge is 0.352 e. The van der Waals surface area contributed by atoms with E-state index >= 15 is 0 Å². The summed E-state index contributed by atoms with van der Waals surface area (Å²) in [7, 11) is 0. The maximum absolute atomic E-state index is 12.8. The van der Waals surface area contributed by atoms with Crippen LogP contribution in [0.4, 0.5) is 16.3 Å². The number of carbonyl (C=O) groups excluding carboxylic acids is 2. The number of benzene rings is 2. The van der Waals surface area contributed by atoms with E-state index < -0.39 is 0 Å². The van der Waals surface area contributed by atoms with Crippen LogP contribution in [0.3, 0.4) is 0 Å². The minimum Gasteiger partial charge on any atom is -0.352 e. The minimum atomic E-state index is -0.363. The fourth-order valence-electron chi connectivity index (χ4n) is 3.94. The summed E-state index contributed by atoms with van der Waals surface area (Å²) in [4.78, 5) is 29.4. The Hall–Kier alpha value is -3.72. The molecule has 3 amide bonds. The fraction of sp³-hybridized carbons (Fsp3) is 0.250. The molecule has 33 heavy (non-hydrogen) atoms. The van der Waals surface area contributed by atoms with Crippen LogP contribution in [-0.2, 0) is 12.8 Å². The molecule has 9 heteroatoms. The zero-order chi connectivity index (χ0) is 22.8. The second-order valence-corrected chi connectivity index (χ2v) is 8.88. The van der Waals surface area contributed by atoms with Gasteiger partial charge in [-0.1, -0.05) is 19.4 Å². The average Bonchev–Trinajstić information content (AvgIpc) is 3.44. The van der Waals surface area contributed by atoms with Crippen molar-refractivity contribution in [1.29, 1.82) is 0 Å². The van der Waals surface area contributed by atoms with E-state index in [0.717, 1.165) is 52.8 Å². The molecule has 0 radical (unpaired) electrons. The summed E-state index contributed by atoms with van der Waals surface area (Å²) >= 11 is 1.52. The first kappa shape index (κ1) is 21.1. The van der Waals surface area contributed by atoms with Crippen molar-refractivity contribution in [3.05, 3.63) is 64.8 Å². The highest BCUT2D eigenvalue weighted by atomic mass is 32.1. The lowest BCUT2D eigenvalue weighted by molar-refractivity contribution is 0.0946. The number of unbranched alkanes of at least 4 members (excludes halogenated alkanes) is 1. The van der Waals surface area contributed by atoms with E-state index in [1.54, 1.807) is 10.2 Å². The summed E-state index contributed by atoms with van der Waals surface area (Å²) in [5, 5.41) is 13.4. The Kier molecular flexibility index (Phi) is 5.78. The normalized spacial score (nSPS) is 12.9. The predicted octanol–water partition coefficient (Wildman–Crippen LogP) is 4.75. The molecule has 5 rings (SSSR count). The molecule has 3 N–H and O–H groups in total. The van der Waals surface area contributed by atoms with Crippen molar-refractivity contribution in [3.8, 4) is 5.69 Å². The summed E-state index contributed by atoms with van der Waals surface area (Å²) in [5.74, 6) is 0.468. The fourth-order valence-corrected chi connectivity index (χ4v) is 4.66. The molecular formula is C24H24N6O2S. The predicted molar refractivity (Wildman–Crippen MR) is 130 cm³/mol. The number of urea groups is 1. The lowest BCUT2D eigenvalue weighted by Crippen LogP contribution is -2.31. The Morgan fingerprint density at radius 3 is 2.97 bits per heavy atom. The standard InChI is InChI=1S/C24H24N6O2S/c1-2-3-4-17-12-22(28-24(32)27-16-6-8-20-21(11-16)33-14-26-20)30(29-17)18-7-5-15-9-10-25-23(31)19(15)13-18/h5-8,11-14H,2-4,9-10H2,1H3,(H,25,31)(H2,27,28,32). The third-order valence-electron chi connectivity index (χ3n) is 5.64. The van der Waals surface area contributed by atoms with Crippen molar-refractivity contribution in [2.24, 2.45) is 0 Å². The Morgan fingerprint density at radius 2 is 2.09 bits per heavy atom. The van der Waals surface area contributed by atoms with Crippen molar-refractivity contribution in [2.75, 3.05) is 17.2 Å². The van der Waals surface area contributed by atoms with E-state index in [9.17, 15) is 9.59 Å². The number of anilines is 2. The van der Waals surface area contributed by atoms with Gasteiger partial charge in [0.05, 0.1) is 27.1 Å². The van der Waals surface area contributed by atoms with Gasteiger partial charge in [0.1, 0.15) is 5.82 Å². The maximum Gasteiger partial charge on any atom is 0.324 e. The van der Waals surface area contributed by atoms with Crippen LogP contribution < -0.4 is 16.0 Å². The van der Waals surface area contributed by atoms with Crippen LogP contribution >= 0.6 is 11.3 Å². The van der Waals surface area contributed by atoms with Gasteiger partial charge in [0, 0.05) is 23.9 Å². The molecule has 0 saturated heterocycles. The van der Waals surface area contributed by atoms with Crippen molar-refractivity contribution in [3.63, 3.8) is 0 Å². The smallest absolute Gasteiger partial charge is 0.324 e. The summed E-state index contributed by atoms with van der Waals surface area (Å²) in [6.07, 6.45) is 3.67. The highest BCUT2D eigenvalue weighted by Crippen LogP contribution is 2.24. The molecule has 0 spiro atoms. The van der Waals surface area contributed by atoms with Gasteiger partial charge in [-0.05, 0) is 55.2 Å². The Balaban J connectivity index is 1.42. The number of hydrogen-bond donors (Lipinski definition) is 3. The van der Waals surface area contributed by atoms with Gasteiger partial charge in [0.2, 0.25) is 0 Å². The van der Waals surface area contributed by atoms with Gasteiger partial charge in [-0.3, -0.25) is 10.1 Å². The maximum atomic E-state index is 12.8. The third kappa shape index (κ3) is 4.45. The summed E-state index contributed by atoms with van der Waals surface area (Å²) in [5.41, 5.74) is 6.66. The Labute approximate surface area is 195 Å². The molecule has 3 heterocycles. The molecule has 0 fully saturated rings. The number of thiazole rings is 1. The first-order valence-corrected chi connectivity index (χ1v) is 11.9. The molecule has 0 saturated carbocycles. The molecule has 8 nitrogen and oxygen atoms in total. The molecule has 0 aliphatic carbocycles. The number of aryl methyl sites for hydroxylation is 1. The molecule has 0 atom stereocenters. The first-order valence-electron chi connectivity index (χ1n) is 11.0. The van der Waals surface area contributed by atoms with Crippen LogP contribution in [0, 0.1) is 0 Å². The number of rotatable bonds is 6. The molecule has 0 bridgehead atoms. The molecule has 168 valence electrons.